The van der Waals surface area contributed by atoms with E-state index >= 15 is 0 Å². The van der Waals surface area contributed by atoms with Crippen LogP contribution in [0.1, 0.15) is 49.7 Å². The molecule has 3 nitrogen and oxygen atoms in total. The number of likely N-dealkylation sites (tertiary alicyclic amines) is 1. The molecule has 2 aromatic carbocycles. The highest BCUT2D eigenvalue weighted by molar-refractivity contribution is 5.36. The van der Waals surface area contributed by atoms with Crippen molar-refractivity contribution in [3.63, 3.8) is 0 Å². The summed E-state index contributed by atoms with van der Waals surface area (Å²) in [6.07, 6.45) is 6.24. The SMILES string of the molecule is OC1(c2ccccc2)CCN(CCC(O)(c2ccccc2)C23CC4CC2C3C4)CC1. The van der Waals surface area contributed by atoms with Gasteiger partial charge in [-0.05, 0) is 67.4 Å². The zero-order valence-corrected chi connectivity index (χ0v) is 17.7. The molecule has 1 saturated heterocycles. The first-order valence-electron chi connectivity index (χ1n) is 11.8. The Kier molecular flexibility index (Phi) is 4.22. The Balaban J connectivity index is 1.17. The number of hydrogen-bond donors (Lipinski definition) is 2. The van der Waals surface area contributed by atoms with Crippen molar-refractivity contribution in [2.75, 3.05) is 19.6 Å². The van der Waals surface area contributed by atoms with Crippen molar-refractivity contribution in [1.29, 1.82) is 0 Å². The summed E-state index contributed by atoms with van der Waals surface area (Å²) in [5.41, 5.74) is 0.885. The average molecular weight is 404 g/mol. The number of hydrogen-bond acceptors (Lipinski definition) is 3. The predicted molar refractivity (Wildman–Crippen MR) is 118 cm³/mol. The van der Waals surface area contributed by atoms with Crippen LogP contribution in [0, 0.1) is 23.2 Å². The third-order valence-corrected chi connectivity index (χ3v) is 9.31. The third-order valence-electron chi connectivity index (χ3n) is 9.31. The zero-order chi connectivity index (χ0) is 20.4. The van der Waals surface area contributed by atoms with Crippen molar-refractivity contribution < 1.29 is 10.2 Å². The molecule has 158 valence electrons. The first-order chi connectivity index (χ1) is 14.6. The first kappa shape index (κ1) is 19.0. The lowest BCUT2D eigenvalue weighted by molar-refractivity contribution is -0.0685. The Hall–Kier alpha value is -1.68. The molecule has 1 heterocycles. The maximum Gasteiger partial charge on any atom is 0.0970 e. The largest absolute Gasteiger partial charge is 0.385 e. The van der Waals surface area contributed by atoms with Crippen LogP contribution in [-0.2, 0) is 11.2 Å². The van der Waals surface area contributed by atoms with Gasteiger partial charge in [-0.2, -0.15) is 0 Å². The van der Waals surface area contributed by atoms with Crippen molar-refractivity contribution >= 4 is 0 Å². The van der Waals surface area contributed by atoms with Crippen LogP contribution in [0.3, 0.4) is 0 Å². The zero-order valence-electron chi connectivity index (χ0n) is 17.7. The Bertz CT molecular complexity index is 893. The van der Waals surface area contributed by atoms with E-state index in [4.69, 9.17) is 0 Å². The van der Waals surface area contributed by atoms with Gasteiger partial charge >= 0.3 is 0 Å². The Labute approximate surface area is 179 Å². The van der Waals surface area contributed by atoms with E-state index in [9.17, 15) is 10.2 Å². The number of rotatable bonds is 6. The fraction of sp³-hybridized carbons (Fsp3) is 0.556. The van der Waals surface area contributed by atoms with Gasteiger partial charge in [0.2, 0.25) is 0 Å². The first-order valence-corrected chi connectivity index (χ1v) is 11.8. The van der Waals surface area contributed by atoms with Crippen LogP contribution < -0.4 is 0 Å². The van der Waals surface area contributed by atoms with E-state index in [1.54, 1.807) is 0 Å². The maximum absolute atomic E-state index is 12.2. The van der Waals surface area contributed by atoms with Crippen LogP contribution in [0.2, 0.25) is 0 Å². The van der Waals surface area contributed by atoms with Crippen LogP contribution in [0.4, 0.5) is 0 Å². The number of benzene rings is 2. The number of nitrogens with zero attached hydrogens (tertiary/aromatic N) is 1. The molecule has 0 amide bonds. The standard InChI is InChI=1S/C27H33NO2/c29-25(21-7-3-1-4-8-21)11-14-28(15-12-25)16-13-27(30,22-9-5-2-6-10-22)26-19-20-17-23(26)24(26)18-20/h1-10,20,23-24,29-30H,11-19H2. The fourth-order valence-corrected chi connectivity index (χ4v) is 7.76. The Morgan fingerprint density at radius 1 is 0.900 bits per heavy atom. The van der Waals surface area contributed by atoms with E-state index in [-0.39, 0.29) is 5.41 Å². The molecule has 4 aliphatic carbocycles. The van der Waals surface area contributed by atoms with Gasteiger partial charge in [-0.3, -0.25) is 0 Å². The molecule has 1 aliphatic heterocycles. The lowest BCUT2D eigenvalue weighted by Crippen LogP contribution is -2.46. The second-order valence-electron chi connectivity index (χ2n) is 10.5. The summed E-state index contributed by atoms with van der Waals surface area (Å²) in [4.78, 5) is 2.46. The molecule has 5 fully saturated rings. The van der Waals surface area contributed by atoms with Crippen molar-refractivity contribution in [2.45, 2.75) is 49.7 Å². The average Bonchev–Trinajstić information content (AvgIpc) is 3.22. The van der Waals surface area contributed by atoms with Crippen LogP contribution in [0.15, 0.2) is 60.7 Å². The highest BCUT2D eigenvalue weighted by atomic mass is 16.3. The molecule has 0 spiro atoms. The molecule has 3 atom stereocenters. The quantitative estimate of drug-likeness (QED) is 0.756. The smallest absolute Gasteiger partial charge is 0.0970 e. The summed E-state index contributed by atoms with van der Waals surface area (Å²) in [6.45, 7) is 2.68. The molecule has 0 aromatic heterocycles. The minimum absolute atomic E-state index is 0.138. The van der Waals surface area contributed by atoms with E-state index in [0.29, 0.717) is 0 Å². The fourth-order valence-electron chi connectivity index (χ4n) is 7.76. The molecule has 2 N–H and O–H groups in total. The molecular formula is C27H33NO2. The second-order valence-corrected chi connectivity index (χ2v) is 10.5. The van der Waals surface area contributed by atoms with E-state index in [1.165, 1.54) is 19.3 Å². The summed E-state index contributed by atoms with van der Waals surface area (Å²) < 4.78 is 0. The van der Waals surface area contributed by atoms with Crippen molar-refractivity contribution in [2.24, 2.45) is 23.2 Å². The second kappa shape index (κ2) is 6.66. The summed E-state index contributed by atoms with van der Waals surface area (Å²) >= 11 is 0. The van der Waals surface area contributed by atoms with Gasteiger partial charge in [-0.1, -0.05) is 60.7 Å². The van der Waals surface area contributed by atoms with Gasteiger partial charge in [0.05, 0.1) is 11.2 Å². The molecule has 30 heavy (non-hydrogen) atoms. The van der Waals surface area contributed by atoms with E-state index in [1.807, 2.05) is 30.3 Å². The van der Waals surface area contributed by atoms with Gasteiger partial charge in [0.1, 0.15) is 0 Å². The molecule has 3 heteroatoms. The summed E-state index contributed by atoms with van der Waals surface area (Å²) in [6, 6.07) is 20.6. The van der Waals surface area contributed by atoms with Gasteiger partial charge in [0.25, 0.3) is 0 Å². The minimum atomic E-state index is -0.708. The molecule has 5 aliphatic rings. The monoisotopic (exact) mass is 403 g/mol. The normalized spacial score (nSPS) is 35.9. The molecule has 2 aromatic rings. The Morgan fingerprint density at radius 2 is 1.50 bits per heavy atom. The summed E-state index contributed by atoms with van der Waals surface area (Å²) in [5, 5.41) is 23.4. The van der Waals surface area contributed by atoms with Gasteiger partial charge in [-0.15, -0.1) is 0 Å². The molecular weight excluding hydrogens is 370 g/mol. The van der Waals surface area contributed by atoms with Crippen molar-refractivity contribution in [3.05, 3.63) is 71.8 Å². The Morgan fingerprint density at radius 3 is 2.07 bits per heavy atom. The van der Waals surface area contributed by atoms with E-state index in [0.717, 1.165) is 67.8 Å². The number of aliphatic hydroxyl groups is 2. The van der Waals surface area contributed by atoms with Crippen LogP contribution in [0.5, 0.6) is 0 Å². The van der Waals surface area contributed by atoms with Crippen LogP contribution >= 0.6 is 0 Å². The summed E-state index contributed by atoms with van der Waals surface area (Å²) in [7, 11) is 0. The van der Waals surface area contributed by atoms with Gasteiger partial charge < -0.3 is 15.1 Å². The van der Waals surface area contributed by atoms with Crippen LogP contribution in [0.25, 0.3) is 0 Å². The van der Waals surface area contributed by atoms with Crippen molar-refractivity contribution in [1.82, 2.24) is 4.90 Å². The molecule has 4 saturated carbocycles. The molecule has 7 rings (SSSR count). The van der Waals surface area contributed by atoms with E-state index in [2.05, 4.69) is 35.2 Å². The van der Waals surface area contributed by atoms with Crippen LogP contribution in [-0.4, -0.2) is 34.7 Å². The minimum Gasteiger partial charge on any atom is -0.385 e. The lowest BCUT2D eigenvalue weighted by Gasteiger charge is -2.42. The van der Waals surface area contributed by atoms with Gasteiger partial charge in [-0.25, -0.2) is 0 Å². The number of piperidine rings is 1. The maximum atomic E-state index is 12.2. The summed E-state index contributed by atoms with van der Waals surface area (Å²) in [5.74, 6) is 2.35. The highest BCUT2D eigenvalue weighted by Gasteiger charge is 2.80. The molecule has 3 unspecified atom stereocenters. The lowest BCUT2D eigenvalue weighted by atomic mass is 9.74. The van der Waals surface area contributed by atoms with Gasteiger partial charge in [0.15, 0.2) is 0 Å². The molecule has 4 bridgehead atoms. The predicted octanol–water partition coefficient (Wildman–Crippen LogP) is 4.29. The molecule has 0 radical (unpaired) electrons. The van der Waals surface area contributed by atoms with Crippen molar-refractivity contribution in [3.8, 4) is 0 Å². The highest BCUT2D eigenvalue weighted by Crippen LogP contribution is 2.84. The third kappa shape index (κ3) is 2.62. The van der Waals surface area contributed by atoms with E-state index < -0.39 is 11.2 Å². The topological polar surface area (TPSA) is 43.7 Å². The van der Waals surface area contributed by atoms with Gasteiger partial charge in [0, 0.05) is 25.0 Å².